The molecule has 0 spiro atoms. The van der Waals surface area contributed by atoms with Gasteiger partial charge >= 0.3 is 0 Å². The van der Waals surface area contributed by atoms with Crippen LogP contribution in [-0.4, -0.2) is 21.3 Å². The molecule has 0 aliphatic heterocycles. The fourth-order valence-corrected chi connectivity index (χ4v) is 2.47. The largest absolute Gasteiger partial charge is 0.396 e. The SMILES string of the molecule is CC1(C)C(CO)C1c1csnn1. The molecule has 1 aromatic rings. The van der Waals surface area contributed by atoms with Gasteiger partial charge in [0.25, 0.3) is 0 Å². The van der Waals surface area contributed by atoms with E-state index in [0.29, 0.717) is 11.8 Å². The smallest absolute Gasteiger partial charge is 0.0795 e. The van der Waals surface area contributed by atoms with E-state index in [-0.39, 0.29) is 12.0 Å². The van der Waals surface area contributed by atoms with E-state index in [2.05, 4.69) is 23.4 Å². The molecule has 1 aliphatic rings. The molecule has 1 aliphatic carbocycles. The lowest BCUT2D eigenvalue weighted by Gasteiger charge is -1.97. The molecular formula is C8H12N2OS. The third-order valence-corrected chi connectivity index (χ3v) is 3.47. The zero-order chi connectivity index (χ0) is 8.77. The van der Waals surface area contributed by atoms with Crippen molar-refractivity contribution < 1.29 is 5.11 Å². The second-order valence-corrected chi connectivity index (χ2v) is 4.53. The minimum Gasteiger partial charge on any atom is -0.396 e. The zero-order valence-electron chi connectivity index (χ0n) is 7.19. The quantitative estimate of drug-likeness (QED) is 0.753. The van der Waals surface area contributed by atoms with Gasteiger partial charge in [-0.2, -0.15) is 0 Å². The van der Waals surface area contributed by atoms with Crippen LogP contribution < -0.4 is 0 Å². The van der Waals surface area contributed by atoms with Crippen molar-refractivity contribution in [3.8, 4) is 0 Å². The molecule has 1 heterocycles. The van der Waals surface area contributed by atoms with Crippen LogP contribution in [-0.2, 0) is 0 Å². The summed E-state index contributed by atoms with van der Waals surface area (Å²) in [6, 6.07) is 0. The summed E-state index contributed by atoms with van der Waals surface area (Å²) < 4.78 is 3.83. The van der Waals surface area contributed by atoms with E-state index < -0.39 is 0 Å². The maximum Gasteiger partial charge on any atom is 0.0795 e. The minimum atomic E-state index is 0.213. The summed E-state index contributed by atoms with van der Waals surface area (Å²) in [5.41, 5.74) is 1.26. The van der Waals surface area contributed by atoms with Crippen molar-refractivity contribution in [1.29, 1.82) is 0 Å². The lowest BCUT2D eigenvalue weighted by Crippen LogP contribution is -1.93. The molecular weight excluding hydrogens is 172 g/mol. The van der Waals surface area contributed by atoms with E-state index >= 15 is 0 Å². The summed E-state index contributed by atoms with van der Waals surface area (Å²) in [5, 5.41) is 15.1. The zero-order valence-corrected chi connectivity index (χ0v) is 8.01. The van der Waals surface area contributed by atoms with Crippen LogP contribution in [0.15, 0.2) is 5.38 Å². The van der Waals surface area contributed by atoms with Gasteiger partial charge in [-0.05, 0) is 22.9 Å². The number of aliphatic hydroxyl groups excluding tert-OH is 1. The van der Waals surface area contributed by atoms with E-state index in [0.717, 1.165) is 5.69 Å². The molecule has 0 amide bonds. The molecule has 4 heteroatoms. The maximum absolute atomic E-state index is 9.07. The Labute approximate surface area is 75.6 Å². The highest BCUT2D eigenvalue weighted by atomic mass is 32.1. The standard InChI is InChI=1S/C8H12N2OS/c1-8(2)5(3-11)7(8)6-4-12-10-9-6/h4-5,7,11H,3H2,1-2H3. The van der Waals surface area contributed by atoms with Gasteiger partial charge in [0.15, 0.2) is 0 Å². The van der Waals surface area contributed by atoms with Gasteiger partial charge in [-0.1, -0.05) is 18.3 Å². The van der Waals surface area contributed by atoms with Crippen LogP contribution in [0.25, 0.3) is 0 Å². The van der Waals surface area contributed by atoms with Crippen molar-refractivity contribution in [3.63, 3.8) is 0 Å². The Hall–Kier alpha value is -0.480. The molecule has 0 bridgehead atoms. The molecule has 2 unspecified atom stereocenters. The lowest BCUT2D eigenvalue weighted by atomic mass is 10.1. The Morgan fingerprint density at radius 2 is 2.42 bits per heavy atom. The highest BCUT2D eigenvalue weighted by molar-refractivity contribution is 7.03. The van der Waals surface area contributed by atoms with E-state index in [1.54, 1.807) is 0 Å². The molecule has 0 radical (unpaired) electrons. The normalized spacial score (nSPS) is 31.9. The first-order chi connectivity index (χ1) is 5.68. The summed E-state index contributed by atoms with van der Waals surface area (Å²) in [5.74, 6) is 0.794. The maximum atomic E-state index is 9.07. The average Bonchev–Trinajstić information content (AvgIpc) is 2.50. The summed E-state index contributed by atoms with van der Waals surface area (Å²) in [6.45, 7) is 4.59. The Morgan fingerprint density at radius 3 is 2.83 bits per heavy atom. The van der Waals surface area contributed by atoms with Crippen molar-refractivity contribution in [2.24, 2.45) is 11.3 Å². The first kappa shape index (κ1) is 8.13. The molecule has 0 saturated heterocycles. The second kappa shape index (κ2) is 2.50. The highest BCUT2D eigenvalue weighted by Gasteiger charge is 2.58. The fourth-order valence-electron chi connectivity index (χ4n) is 1.98. The van der Waals surface area contributed by atoms with E-state index in [1.807, 2.05) is 5.38 Å². The van der Waals surface area contributed by atoms with Crippen molar-refractivity contribution >= 4 is 11.5 Å². The monoisotopic (exact) mass is 184 g/mol. The lowest BCUT2D eigenvalue weighted by molar-refractivity contribution is 0.256. The van der Waals surface area contributed by atoms with Crippen LogP contribution in [0.4, 0.5) is 0 Å². The average molecular weight is 184 g/mol. The van der Waals surface area contributed by atoms with Crippen LogP contribution in [0.1, 0.15) is 25.5 Å². The van der Waals surface area contributed by atoms with Gasteiger partial charge in [-0.25, -0.2) is 0 Å². The predicted molar refractivity (Wildman–Crippen MR) is 47.0 cm³/mol. The van der Waals surface area contributed by atoms with Gasteiger partial charge in [0.2, 0.25) is 0 Å². The van der Waals surface area contributed by atoms with E-state index in [4.69, 9.17) is 5.11 Å². The van der Waals surface area contributed by atoms with Gasteiger partial charge in [0.1, 0.15) is 0 Å². The van der Waals surface area contributed by atoms with E-state index in [1.165, 1.54) is 11.5 Å². The van der Waals surface area contributed by atoms with Gasteiger partial charge in [0, 0.05) is 17.9 Å². The van der Waals surface area contributed by atoms with Crippen molar-refractivity contribution in [1.82, 2.24) is 9.59 Å². The molecule has 1 aromatic heterocycles. The summed E-state index contributed by atoms with van der Waals surface area (Å²) in [6.07, 6.45) is 0. The molecule has 2 rings (SSSR count). The molecule has 2 atom stereocenters. The first-order valence-electron chi connectivity index (χ1n) is 4.05. The minimum absolute atomic E-state index is 0.213. The molecule has 12 heavy (non-hydrogen) atoms. The number of rotatable bonds is 2. The van der Waals surface area contributed by atoms with Crippen LogP contribution >= 0.6 is 11.5 Å². The third kappa shape index (κ3) is 0.983. The van der Waals surface area contributed by atoms with Crippen molar-refractivity contribution in [2.45, 2.75) is 19.8 Å². The van der Waals surface area contributed by atoms with Crippen molar-refractivity contribution in [2.75, 3.05) is 6.61 Å². The molecule has 1 saturated carbocycles. The van der Waals surface area contributed by atoms with Gasteiger partial charge in [-0.15, -0.1) is 5.10 Å². The van der Waals surface area contributed by atoms with Crippen LogP contribution in [0.5, 0.6) is 0 Å². The molecule has 1 N–H and O–H groups in total. The number of hydrogen-bond donors (Lipinski definition) is 1. The summed E-state index contributed by atoms with van der Waals surface area (Å²) in [7, 11) is 0. The van der Waals surface area contributed by atoms with Crippen LogP contribution in [0, 0.1) is 11.3 Å². The highest BCUT2D eigenvalue weighted by Crippen LogP contribution is 2.63. The topological polar surface area (TPSA) is 46.0 Å². The Kier molecular flexibility index (Phi) is 1.70. The van der Waals surface area contributed by atoms with Gasteiger partial charge in [-0.3, -0.25) is 0 Å². The Morgan fingerprint density at radius 1 is 1.67 bits per heavy atom. The number of hydrogen-bond acceptors (Lipinski definition) is 4. The number of aliphatic hydroxyl groups is 1. The second-order valence-electron chi connectivity index (χ2n) is 3.92. The van der Waals surface area contributed by atoms with E-state index in [9.17, 15) is 0 Å². The molecule has 3 nitrogen and oxygen atoms in total. The number of nitrogens with zero attached hydrogens (tertiary/aromatic N) is 2. The molecule has 0 aromatic carbocycles. The van der Waals surface area contributed by atoms with Crippen LogP contribution in [0.2, 0.25) is 0 Å². The first-order valence-corrected chi connectivity index (χ1v) is 4.89. The Balaban J connectivity index is 2.19. The van der Waals surface area contributed by atoms with Gasteiger partial charge in [0.05, 0.1) is 5.69 Å². The number of aromatic nitrogens is 2. The third-order valence-electron chi connectivity index (χ3n) is 2.94. The summed E-state index contributed by atoms with van der Waals surface area (Å²) >= 11 is 1.38. The molecule has 1 fully saturated rings. The molecule has 66 valence electrons. The van der Waals surface area contributed by atoms with Gasteiger partial charge < -0.3 is 5.11 Å². The van der Waals surface area contributed by atoms with Crippen molar-refractivity contribution in [3.05, 3.63) is 11.1 Å². The summed E-state index contributed by atoms with van der Waals surface area (Å²) in [4.78, 5) is 0. The Bertz CT molecular complexity index is 271. The predicted octanol–water partition coefficient (Wildman–Crippen LogP) is 1.27. The van der Waals surface area contributed by atoms with Crippen LogP contribution in [0.3, 0.4) is 0 Å². The fraction of sp³-hybridized carbons (Fsp3) is 0.750.